The average Bonchev–Trinajstić information content (AvgIpc) is 3.72. The predicted octanol–water partition coefficient (Wildman–Crippen LogP) is 9.58. The minimum Gasteiger partial charge on any atom is -0.431 e. The van der Waals surface area contributed by atoms with Gasteiger partial charge in [-0.2, -0.15) is 0 Å². The first-order valence-electron chi connectivity index (χ1n) is 19.6. The van der Waals surface area contributed by atoms with E-state index >= 15 is 0 Å². The number of ether oxygens (including phenoxy) is 2. The fourth-order valence-corrected chi connectivity index (χ4v) is 7.79. The number of carbonyl (C=O) groups excluding carboxylic acids is 2. The topological polar surface area (TPSA) is 143 Å². The molecule has 6 aromatic rings. The maximum atomic E-state index is 12.5. The van der Waals surface area contributed by atoms with Gasteiger partial charge in [0.25, 0.3) is 5.22 Å². The van der Waals surface area contributed by atoms with Gasteiger partial charge in [-0.25, -0.2) is 10.5 Å². The van der Waals surface area contributed by atoms with Crippen molar-refractivity contribution in [1.82, 2.24) is 15.8 Å². The molecular weight excluding hydrogens is 751 g/mol. The molecule has 2 amide bonds. The third-order valence-electron chi connectivity index (χ3n) is 10.0. The zero-order valence-corrected chi connectivity index (χ0v) is 32.9. The zero-order chi connectivity index (χ0) is 40.1. The van der Waals surface area contributed by atoms with Crippen molar-refractivity contribution in [3.8, 4) is 33.7 Å². The largest absolute Gasteiger partial charge is 0.431 e. The van der Waals surface area contributed by atoms with E-state index in [-0.39, 0.29) is 31.1 Å². The van der Waals surface area contributed by atoms with Crippen LogP contribution in [0.3, 0.4) is 0 Å². The Balaban J connectivity index is 1.05. The normalized spacial score (nSPS) is 16.5. The van der Waals surface area contributed by atoms with E-state index in [9.17, 15) is 14.7 Å². The van der Waals surface area contributed by atoms with Gasteiger partial charge < -0.3 is 24.3 Å². The molecule has 1 aliphatic heterocycles. The second kappa shape index (κ2) is 20.2. The highest BCUT2D eigenvalue weighted by Gasteiger charge is 2.33. The molecule has 0 saturated carbocycles. The van der Waals surface area contributed by atoms with Gasteiger partial charge in [0.05, 0.1) is 18.8 Å². The van der Waals surface area contributed by atoms with Gasteiger partial charge in [0.15, 0.2) is 12.1 Å². The monoisotopic (exact) mass is 797 g/mol. The molecule has 0 aliphatic carbocycles. The lowest BCUT2D eigenvalue weighted by atomic mass is 9.99. The van der Waals surface area contributed by atoms with Gasteiger partial charge in [0, 0.05) is 48.3 Å². The lowest BCUT2D eigenvalue weighted by Gasteiger charge is -2.36. The Morgan fingerprint density at radius 2 is 1.36 bits per heavy atom. The number of aliphatic hydroxyl groups excluding tert-OH is 1. The van der Waals surface area contributed by atoms with Crippen LogP contribution in [-0.2, 0) is 32.2 Å². The van der Waals surface area contributed by atoms with Crippen molar-refractivity contribution in [2.45, 2.75) is 75.4 Å². The Morgan fingerprint density at radius 1 is 0.690 bits per heavy atom. The first-order chi connectivity index (χ1) is 28.4. The molecule has 298 valence electrons. The number of oxazole rings is 1. The number of benzene rings is 5. The van der Waals surface area contributed by atoms with Crippen molar-refractivity contribution in [3.63, 3.8) is 0 Å². The summed E-state index contributed by atoms with van der Waals surface area (Å²) in [6.45, 7) is 0.368. The van der Waals surface area contributed by atoms with Crippen molar-refractivity contribution in [2.24, 2.45) is 0 Å². The van der Waals surface area contributed by atoms with E-state index in [1.165, 1.54) is 11.8 Å². The summed E-state index contributed by atoms with van der Waals surface area (Å²) in [5.41, 5.74) is 10.1. The van der Waals surface area contributed by atoms with Crippen LogP contribution in [0.2, 0.25) is 0 Å². The first-order valence-corrected chi connectivity index (χ1v) is 20.6. The summed E-state index contributed by atoms with van der Waals surface area (Å²) in [5.74, 6) is 0.850. The Kier molecular flexibility index (Phi) is 14.2. The molecule has 0 bridgehead atoms. The SMILES string of the molecule is O=C(CCCCCC(=O)NCc1cccc(-c2cccc([C@@H]3O[C@H](CSc4nc(-c5ccccc5)c(-c5ccccc5)o4)C[C@H](c4ccc(CO)cc4)O3)c2)c1)NO. The molecule has 2 heterocycles. The fraction of sp³-hybridized carbons (Fsp3) is 0.255. The van der Waals surface area contributed by atoms with Crippen LogP contribution in [0.25, 0.3) is 33.7 Å². The number of nitrogens with one attached hydrogen (secondary N) is 2. The zero-order valence-electron chi connectivity index (χ0n) is 32.1. The molecule has 10 nitrogen and oxygen atoms in total. The third kappa shape index (κ3) is 10.9. The number of amides is 2. The first kappa shape index (κ1) is 40.6. The molecule has 0 spiro atoms. The molecule has 0 unspecified atom stereocenters. The number of hydrogen-bond acceptors (Lipinski definition) is 9. The van der Waals surface area contributed by atoms with Gasteiger partial charge in [-0.05, 0) is 52.8 Å². The fourth-order valence-electron chi connectivity index (χ4n) is 6.94. The van der Waals surface area contributed by atoms with Crippen LogP contribution in [-0.4, -0.2) is 39.0 Å². The van der Waals surface area contributed by atoms with Crippen LogP contribution >= 0.6 is 11.8 Å². The van der Waals surface area contributed by atoms with Gasteiger partial charge >= 0.3 is 0 Å². The smallest absolute Gasteiger partial charge is 0.256 e. The van der Waals surface area contributed by atoms with Crippen LogP contribution in [0.5, 0.6) is 0 Å². The molecule has 11 heteroatoms. The molecule has 1 aliphatic rings. The summed E-state index contributed by atoms with van der Waals surface area (Å²) in [4.78, 5) is 28.7. The Labute approximate surface area is 342 Å². The number of nitrogens with zero attached hydrogens (tertiary/aromatic N) is 1. The number of carbonyl (C=O) groups is 2. The van der Waals surface area contributed by atoms with Gasteiger partial charge in [-0.1, -0.05) is 140 Å². The Morgan fingerprint density at radius 3 is 2.09 bits per heavy atom. The van der Waals surface area contributed by atoms with Crippen LogP contribution in [0.1, 0.15) is 73.2 Å². The highest BCUT2D eigenvalue weighted by Crippen LogP contribution is 2.41. The number of thioether (sulfide) groups is 1. The molecule has 4 N–H and O–H groups in total. The number of unbranched alkanes of at least 4 members (excludes halogenated alkanes) is 2. The maximum Gasteiger partial charge on any atom is 0.256 e. The predicted molar refractivity (Wildman–Crippen MR) is 223 cm³/mol. The number of hydroxylamine groups is 1. The van der Waals surface area contributed by atoms with Crippen LogP contribution in [0, 0.1) is 0 Å². The highest BCUT2D eigenvalue weighted by molar-refractivity contribution is 7.99. The Bertz CT molecular complexity index is 2190. The van der Waals surface area contributed by atoms with Gasteiger partial charge in [-0.15, -0.1) is 0 Å². The van der Waals surface area contributed by atoms with E-state index in [1.807, 2.05) is 115 Å². The molecular formula is C47H47N3O7S. The summed E-state index contributed by atoms with van der Waals surface area (Å²) < 4.78 is 19.8. The molecule has 1 saturated heterocycles. The van der Waals surface area contributed by atoms with Crippen molar-refractivity contribution in [1.29, 1.82) is 0 Å². The van der Waals surface area contributed by atoms with Crippen molar-refractivity contribution >= 4 is 23.6 Å². The molecule has 1 aromatic heterocycles. The summed E-state index contributed by atoms with van der Waals surface area (Å²) >= 11 is 1.52. The van der Waals surface area contributed by atoms with Crippen LogP contribution in [0.15, 0.2) is 143 Å². The standard InChI is InChI=1S/C47H47N3O7S/c51-30-32-22-24-34(25-23-32)41-28-40(31-58-47-49-44(35-13-4-1-5-14-35)45(57-47)36-15-6-2-7-16-36)55-46(56-41)39-19-11-18-38(27-39)37-17-10-12-33(26-37)29-48-42(52)20-8-3-9-21-43(53)50-54/h1-2,4-7,10-19,22-27,40-41,46,51,54H,3,8-9,20-21,28-31H2,(H,48,52)(H,50,53)/t40-,41+,46+/m0/s1. The molecule has 7 rings (SSSR count). The van der Waals surface area contributed by atoms with Crippen LogP contribution < -0.4 is 10.8 Å². The third-order valence-corrected chi connectivity index (χ3v) is 11.0. The molecule has 58 heavy (non-hydrogen) atoms. The average molecular weight is 798 g/mol. The summed E-state index contributed by atoms with van der Waals surface area (Å²) in [6.07, 6.45) is 2.14. The number of hydrogen-bond donors (Lipinski definition) is 4. The minimum absolute atomic E-state index is 0.0295. The minimum atomic E-state index is -0.647. The molecule has 5 aromatic carbocycles. The van der Waals surface area contributed by atoms with Crippen molar-refractivity contribution < 1.29 is 33.8 Å². The molecule has 3 atom stereocenters. The second-order valence-corrected chi connectivity index (χ2v) is 15.2. The highest BCUT2D eigenvalue weighted by atomic mass is 32.2. The molecule has 1 fully saturated rings. The summed E-state index contributed by atoms with van der Waals surface area (Å²) in [7, 11) is 0. The summed E-state index contributed by atoms with van der Waals surface area (Å²) in [6, 6.07) is 44.2. The lowest BCUT2D eigenvalue weighted by molar-refractivity contribution is -0.245. The van der Waals surface area contributed by atoms with E-state index < -0.39 is 12.2 Å². The number of aliphatic hydroxyl groups is 1. The Hall–Kier alpha value is -5.56. The number of rotatable bonds is 17. The lowest BCUT2D eigenvalue weighted by Crippen LogP contribution is -2.31. The van der Waals surface area contributed by atoms with E-state index in [4.69, 9.17) is 24.1 Å². The van der Waals surface area contributed by atoms with Crippen molar-refractivity contribution in [2.75, 3.05) is 5.75 Å². The van der Waals surface area contributed by atoms with E-state index in [1.54, 1.807) is 5.48 Å². The second-order valence-electron chi connectivity index (χ2n) is 14.2. The van der Waals surface area contributed by atoms with Gasteiger partial charge in [0.1, 0.15) is 5.69 Å². The van der Waals surface area contributed by atoms with E-state index in [2.05, 4.69) is 23.5 Å². The molecule has 0 radical (unpaired) electrons. The quantitative estimate of drug-likeness (QED) is 0.0307. The summed E-state index contributed by atoms with van der Waals surface area (Å²) in [5, 5.41) is 21.9. The van der Waals surface area contributed by atoms with E-state index in [0.29, 0.717) is 43.2 Å². The van der Waals surface area contributed by atoms with Gasteiger partial charge in [-0.3, -0.25) is 14.8 Å². The van der Waals surface area contributed by atoms with E-state index in [0.717, 1.165) is 62.4 Å². The number of aromatic nitrogens is 1. The van der Waals surface area contributed by atoms with Gasteiger partial charge in [0.2, 0.25) is 11.8 Å². The maximum absolute atomic E-state index is 12.5. The van der Waals surface area contributed by atoms with Crippen molar-refractivity contribution in [3.05, 3.63) is 156 Å². The van der Waals surface area contributed by atoms with Crippen LogP contribution in [0.4, 0.5) is 0 Å².